The standard InChI is InChI=1S/C16H16N4OS/c1-20(2)14-5-3-13(4-6-14)15-18-19-16(21-15)22-11-12-7-9-17-10-8-12/h3-10H,11H2,1-2H3. The van der Waals surface area contributed by atoms with E-state index in [0.29, 0.717) is 11.1 Å². The van der Waals surface area contributed by atoms with Gasteiger partial charge in [0.2, 0.25) is 5.89 Å². The molecule has 3 rings (SSSR count). The van der Waals surface area contributed by atoms with E-state index >= 15 is 0 Å². The average Bonchev–Trinajstić information content (AvgIpc) is 3.03. The second-order valence-corrected chi connectivity index (χ2v) is 5.89. The van der Waals surface area contributed by atoms with Crippen molar-refractivity contribution in [2.45, 2.75) is 11.0 Å². The normalized spacial score (nSPS) is 10.6. The Morgan fingerprint density at radius 1 is 1.00 bits per heavy atom. The molecule has 0 unspecified atom stereocenters. The summed E-state index contributed by atoms with van der Waals surface area (Å²) >= 11 is 1.52. The minimum absolute atomic E-state index is 0.544. The molecule has 0 amide bonds. The van der Waals surface area contributed by atoms with Crippen LogP contribution in [-0.4, -0.2) is 29.3 Å². The topological polar surface area (TPSA) is 55.1 Å². The molecule has 112 valence electrons. The van der Waals surface area contributed by atoms with Gasteiger partial charge in [0, 0.05) is 43.5 Å². The predicted octanol–water partition coefficient (Wildman–Crippen LogP) is 3.49. The van der Waals surface area contributed by atoms with Crippen molar-refractivity contribution in [3.8, 4) is 11.5 Å². The highest BCUT2D eigenvalue weighted by molar-refractivity contribution is 7.98. The summed E-state index contributed by atoms with van der Waals surface area (Å²) in [6.07, 6.45) is 3.56. The third kappa shape index (κ3) is 3.46. The van der Waals surface area contributed by atoms with Crippen LogP contribution in [0.3, 0.4) is 0 Å². The van der Waals surface area contributed by atoms with E-state index in [2.05, 4.69) is 15.2 Å². The zero-order chi connectivity index (χ0) is 15.4. The highest BCUT2D eigenvalue weighted by atomic mass is 32.2. The van der Waals surface area contributed by atoms with E-state index in [9.17, 15) is 0 Å². The monoisotopic (exact) mass is 312 g/mol. The summed E-state index contributed by atoms with van der Waals surface area (Å²) in [5.41, 5.74) is 3.24. The van der Waals surface area contributed by atoms with Crippen LogP contribution in [0.25, 0.3) is 11.5 Å². The Kier molecular flexibility index (Phi) is 4.39. The molecule has 0 atom stereocenters. The molecule has 0 aliphatic heterocycles. The Labute approximate surface area is 133 Å². The first kappa shape index (κ1) is 14.6. The molecule has 0 saturated heterocycles. The number of benzene rings is 1. The number of aromatic nitrogens is 3. The van der Waals surface area contributed by atoms with E-state index in [0.717, 1.165) is 17.0 Å². The van der Waals surface area contributed by atoms with Crippen molar-refractivity contribution in [2.75, 3.05) is 19.0 Å². The van der Waals surface area contributed by atoms with Crippen LogP contribution >= 0.6 is 11.8 Å². The Morgan fingerprint density at radius 3 is 2.41 bits per heavy atom. The van der Waals surface area contributed by atoms with Crippen LogP contribution < -0.4 is 4.90 Å². The molecule has 0 radical (unpaired) electrons. The molecule has 0 saturated carbocycles. The summed E-state index contributed by atoms with van der Waals surface area (Å²) in [4.78, 5) is 6.05. The van der Waals surface area contributed by atoms with Crippen LogP contribution in [0, 0.1) is 0 Å². The van der Waals surface area contributed by atoms with Gasteiger partial charge in [-0.2, -0.15) is 0 Å². The van der Waals surface area contributed by atoms with Crippen LogP contribution in [0.1, 0.15) is 5.56 Å². The van der Waals surface area contributed by atoms with Crippen molar-refractivity contribution in [3.63, 3.8) is 0 Å². The molecule has 3 aromatic rings. The van der Waals surface area contributed by atoms with Crippen LogP contribution in [0.5, 0.6) is 0 Å². The second kappa shape index (κ2) is 6.62. The van der Waals surface area contributed by atoms with Crippen molar-refractivity contribution in [1.82, 2.24) is 15.2 Å². The highest BCUT2D eigenvalue weighted by Crippen LogP contribution is 2.26. The minimum atomic E-state index is 0.544. The number of thioether (sulfide) groups is 1. The summed E-state index contributed by atoms with van der Waals surface area (Å²) < 4.78 is 5.70. The Bertz CT molecular complexity index is 725. The van der Waals surface area contributed by atoms with E-state index in [-0.39, 0.29) is 0 Å². The van der Waals surface area contributed by atoms with Gasteiger partial charge in [0.05, 0.1) is 0 Å². The van der Waals surface area contributed by atoms with Crippen molar-refractivity contribution < 1.29 is 4.42 Å². The van der Waals surface area contributed by atoms with Gasteiger partial charge >= 0.3 is 0 Å². The molecule has 0 N–H and O–H groups in total. The third-order valence-electron chi connectivity index (χ3n) is 3.15. The molecule has 0 fully saturated rings. The summed E-state index contributed by atoms with van der Waals surface area (Å²) in [7, 11) is 4.02. The van der Waals surface area contributed by atoms with Gasteiger partial charge < -0.3 is 9.32 Å². The highest BCUT2D eigenvalue weighted by Gasteiger charge is 2.09. The van der Waals surface area contributed by atoms with Crippen LogP contribution in [0.4, 0.5) is 5.69 Å². The summed E-state index contributed by atoms with van der Waals surface area (Å²) in [6, 6.07) is 12.0. The number of pyridine rings is 1. The fraction of sp³-hybridized carbons (Fsp3) is 0.188. The maximum atomic E-state index is 5.70. The van der Waals surface area contributed by atoms with E-state index < -0.39 is 0 Å². The molecule has 2 aromatic heterocycles. The van der Waals surface area contributed by atoms with Gasteiger partial charge in [-0.05, 0) is 42.0 Å². The zero-order valence-electron chi connectivity index (χ0n) is 12.4. The smallest absolute Gasteiger partial charge is 0.277 e. The molecule has 0 spiro atoms. The lowest BCUT2D eigenvalue weighted by molar-refractivity contribution is 0.466. The summed E-state index contributed by atoms with van der Waals surface area (Å²) in [5, 5.41) is 8.77. The third-order valence-corrected chi connectivity index (χ3v) is 4.04. The lowest BCUT2D eigenvalue weighted by Gasteiger charge is -2.11. The van der Waals surface area contributed by atoms with Gasteiger partial charge in [-0.1, -0.05) is 11.8 Å². The molecule has 22 heavy (non-hydrogen) atoms. The minimum Gasteiger partial charge on any atom is -0.411 e. The Morgan fingerprint density at radius 2 is 1.73 bits per heavy atom. The SMILES string of the molecule is CN(C)c1ccc(-c2nnc(SCc3ccncc3)o2)cc1. The maximum absolute atomic E-state index is 5.70. The number of nitrogens with zero attached hydrogens (tertiary/aromatic N) is 4. The first-order chi connectivity index (χ1) is 10.7. The Balaban J connectivity index is 1.68. The first-order valence-electron chi connectivity index (χ1n) is 6.85. The molecule has 6 heteroatoms. The fourth-order valence-corrected chi connectivity index (χ4v) is 2.63. The Hall–Kier alpha value is -2.34. The van der Waals surface area contributed by atoms with Gasteiger partial charge in [-0.3, -0.25) is 4.98 Å². The predicted molar refractivity (Wildman–Crippen MR) is 87.9 cm³/mol. The quantitative estimate of drug-likeness (QED) is 0.672. The number of hydrogen-bond donors (Lipinski definition) is 0. The van der Waals surface area contributed by atoms with Crippen LogP contribution in [-0.2, 0) is 5.75 Å². The van der Waals surface area contributed by atoms with Crippen LogP contribution in [0.15, 0.2) is 58.4 Å². The largest absolute Gasteiger partial charge is 0.411 e. The van der Waals surface area contributed by atoms with E-state index in [1.54, 1.807) is 12.4 Å². The van der Waals surface area contributed by atoms with Crippen molar-refractivity contribution in [2.24, 2.45) is 0 Å². The number of rotatable bonds is 5. The number of hydrogen-bond acceptors (Lipinski definition) is 6. The van der Waals surface area contributed by atoms with Crippen molar-refractivity contribution in [1.29, 1.82) is 0 Å². The zero-order valence-corrected chi connectivity index (χ0v) is 13.2. The van der Waals surface area contributed by atoms with Gasteiger partial charge in [0.25, 0.3) is 5.22 Å². The summed E-state index contributed by atoms with van der Waals surface area (Å²) in [6.45, 7) is 0. The van der Waals surface area contributed by atoms with E-state index in [1.165, 1.54) is 17.3 Å². The average molecular weight is 312 g/mol. The molecule has 0 aliphatic carbocycles. The lowest BCUT2D eigenvalue weighted by atomic mass is 10.2. The van der Waals surface area contributed by atoms with Crippen molar-refractivity contribution in [3.05, 3.63) is 54.4 Å². The molecule has 1 aromatic carbocycles. The van der Waals surface area contributed by atoms with Gasteiger partial charge in [-0.25, -0.2) is 0 Å². The lowest BCUT2D eigenvalue weighted by Crippen LogP contribution is -2.07. The molecular weight excluding hydrogens is 296 g/mol. The molecule has 0 aliphatic rings. The first-order valence-corrected chi connectivity index (χ1v) is 7.84. The molecule has 2 heterocycles. The number of anilines is 1. The van der Waals surface area contributed by atoms with Crippen LogP contribution in [0.2, 0.25) is 0 Å². The fourth-order valence-electron chi connectivity index (χ4n) is 1.91. The van der Waals surface area contributed by atoms with Gasteiger partial charge in [0.15, 0.2) is 0 Å². The maximum Gasteiger partial charge on any atom is 0.277 e. The molecule has 0 bridgehead atoms. The summed E-state index contributed by atoms with van der Waals surface area (Å²) in [5.74, 6) is 1.33. The van der Waals surface area contributed by atoms with E-state index in [1.807, 2.05) is 55.4 Å². The van der Waals surface area contributed by atoms with Gasteiger partial charge in [0.1, 0.15) is 0 Å². The van der Waals surface area contributed by atoms with E-state index in [4.69, 9.17) is 4.42 Å². The molecule has 5 nitrogen and oxygen atoms in total. The van der Waals surface area contributed by atoms with Crippen molar-refractivity contribution >= 4 is 17.4 Å². The molecular formula is C16H16N4OS. The van der Waals surface area contributed by atoms with Gasteiger partial charge in [-0.15, -0.1) is 10.2 Å². The second-order valence-electron chi connectivity index (χ2n) is 4.96.